The van der Waals surface area contributed by atoms with Gasteiger partial charge in [0.2, 0.25) is 10.0 Å². The van der Waals surface area contributed by atoms with Crippen LogP contribution < -0.4 is 0 Å². The van der Waals surface area contributed by atoms with Gasteiger partial charge in [-0.05, 0) is 48.4 Å². The van der Waals surface area contributed by atoms with Gasteiger partial charge in [-0.3, -0.25) is 0 Å². The highest BCUT2D eigenvalue weighted by Crippen LogP contribution is 2.24. The molecule has 1 aromatic heterocycles. The third-order valence-electron chi connectivity index (χ3n) is 3.94. The van der Waals surface area contributed by atoms with E-state index in [1.54, 1.807) is 25.2 Å². The molecule has 1 aliphatic rings. The fraction of sp³-hybridized carbons (Fsp3) is 0.538. The summed E-state index contributed by atoms with van der Waals surface area (Å²) in [4.78, 5) is 2.36. The van der Waals surface area contributed by atoms with E-state index in [0.29, 0.717) is 18.0 Å². The number of fused-ring (bicyclic) bond motifs is 1. The number of benzene rings is 1. The highest BCUT2D eigenvalue weighted by atomic mass is 32.2. The molecule has 1 aliphatic heterocycles. The average molecular weight is 310 g/mol. The lowest BCUT2D eigenvalue weighted by Gasteiger charge is -2.20. The fourth-order valence-corrected chi connectivity index (χ4v) is 4.17. The molecule has 1 atom stereocenters. The lowest BCUT2D eigenvalue weighted by molar-refractivity contribution is 0.315. The van der Waals surface area contributed by atoms with E-state index in [0.717, 1.165) is 19.5 Å². The summed E-state index contributed by atoms with van der Waals surface area (Å²) in [5.74, 6) is 0.365. The maximum absolute atomic E-state index is 12.7. The van der Waals surface area contributed by atoms with Crippen molar-refractivity contribution in [2.45, 2.75) is 11.3 Å². The Balaban J connectivity index is 1.87. The highest BCUT2D eigenvalue weighted by Gasteiger charge is 2.29. The molecule has 8 heteroatoms. The van der Waals surface area contributed by atoms with Crippen LogP contribution in [0.4, 0.5) is 0 Å². The van der Waals surface area contributed by atoms with Gasteiger partial charge in [-0.25, -0.2) is 17.4 Å². The van der Waals surface area contributed by atoms with E-state index in [1.807, 2.05) is 0 Å². The van der Waals surface area contributed by atoms with Crippen LogP contribution in [0.5, 0.6) is 0 Å². The molecular formula is C13H18N4O3S. The van der Waals surface area contributed by atoms with Crippen molar-refractivity contribution in [1.82, 2.24) is 19.5 Å². The number of rotatable bonds is 4. The fourth-order valence-electron chi connectivity index (χ4n) is 2.79. The molecule has 3 rings (SSSR count). The van der Waals surface area contributed by atoms with Crippen molar-refractivity contribution in [2.75, 3.05) is 33.7 Å². The summed E-state index contributed by atoms with van der Waals surface area (Å²) < 4.78 is 31.5. The number of hydrogen-bond donors (Lipinski definition) is 0. The van der Waals surface area contributed by atoms with Crippen LogP contribution in [0, 0.1) is 5.92 Å². The zero-order valence-corrected chi connectivity index (χ0v) is 12.9. The monoisotopic (exact) mass is 310 g/mol. The van der Waals surface area contributed by atoms with Crippen LogP contribution in [0.15, 0.2) is 27.7 Å². The Hall–Kier alpha value is -1.51. The maximum atomic E-state index is 12.7. The van der Waals surface area contributed by atoms with Gasteiger partial charge in [0, 0.05) is 20.1 Å². The Labute approximate surface area is 123 Å². The van der Waals surface area contributed by atoms with Crippen molar-refractivity contribution in [2.24, 2.45) is 5.92 Å². The Morgan fingerprint density at radius 3 is 2.95 bits per heavy atom. The van der Waals surface area contributed by atoms with Gasteiger partial charge in [0.05, 0.1) is 0 Å². The van der Waals surface area contributed by atoms with Crippen LogP contribution in [-0.4, -0.2) is 61.7 Å². The first-order chi connectivity index (χ1) is 9.98. The van der Waals surface area contributed by atoms with E-state index in [2.05, 4.69) is 26.9 Å². The van der Waals surface area contributed by atoms with E-state index in [9.17, 15) is 8.42 Å². The molecule has 1 aromatic carbocycles. The van der Waals surface area contributed by atoms with Crippen molar-refractivity contribution in [3.63, 3.8) is 0 Å². The molecular weight excluding hydrogens is 292 g/mol. The Morgan fingerprint density at radius 1 is 1.43 bits per heavy atom. The van der Waals surface area contributed by atoms with Gasteiger partial charge in [-0.15, -0.1) is 0 Å². The van der Waals surface area contributed by atoms with E-state index >= 15 is 0 Å². The summed E-state index contributed by atoms with van der Waals surface area (Å²) in [6.07, 6.45) is 1.02. The normalized spacial score (nSPS) is 20.6. The van der Waals surface area contributed by atoms with Crippen LogP contribution in [0.25, 0.3) is 11.0 Å². The van der Waals surface area contributed by atoms with Crippen LogP contribution in [0.2, 0.25) is 0 Å². The minimum atomic E-state index is -3.59. The number of nitrogens with zero attached hydrogens (tertiary/aromatic N) is 4. The molecule has 0 radical (unpaired) electrons. The quantitative estimate of drug-likeness (QED) is 0.831. The number of hydrogen-bond acceptors (Lipinski definition) is 6. The molecule has 0 amide bonds. The molecule has 1 saturated heterocycles. The van der Waals surface area contributed by atoms with Gasteiger partial charge < -0.3 is 4.90 Å². The van der Waals surface area contributed by atoms with Crippen molar-refractivity contribution >= 4 is 21.1 Å². The van der Waals surface area contributed by atoms with Crippen molar-refractivity contribution < 1.29 is 13.0 Å². The molecule has 0 saturated carbocycles. The topological polar surface area (TPSA) is 79.5 Å². The smallest absolute Gasteiger partial charge is 0.245 e. The van der Waals surface area contributed by atoms with Gasteiger partial charge in [-0.2, -0.15) is 0 Å². The molecule has 1 fully saturated rings. The highest BCUT2D eigenvalue weighted by molar-refractivity contribution is 7.89. The predicted molar refractivity (Wildman–Crippen MR) is 77.2 cm³/mol. The van der Waals surface area contributed by atoms with Gasteiger partial charge in [0.15, 0.2) is 5.52 Å². The second-order valence-corrected chi connectivity index (χ2v) is 7.60. The Morgan fingerprint density at radius 2 is 2.24 bits per heavy atom. The van der Waals surface area contributed by atoms with Crippen molar-refractivity contribution in [3.8, 4) is 0 Å². The van der Waals surface area contributed by atoms with E-state index in [1.165, 1.54) is 4.31 Å². The van der Waals surface area contributed by atoms with Gasteiger partial charge >= 0.3 is 0 Å². The lowest BCUT2D eigenvalue weighted by Crippen LogP contribution is -2.33. The largest absolute Gasteiger partial charge is 0.306 e. The van der Waals surface area contributed by atoms with Gasteiger partial charge in [0.25, 0.3) is 0 Å². The first kappa shape index (κ1) is 14.4. The first-order valence-corrected chi connectivity index (χ1v) is 8.28. The van der Waals surface area contributed by atoms with Crippen molar-refractivity contribution in [3.05, 3.63) is 18.2 Å². The van der Waals surface area contributed by atoms with Crippen LogP contribution in [0.1, 0.15) is 6.42 Å². The van der Waals surface area contributed by atoms with E-state index in [-0.39, 0.29) is 10.4 Å². The summed E-state index contributed by atoms with van der Waals surface area (Å²) in [5.41, 5.74) is 0.734. The standard InChI is InChI=1S/C13H18N4O3S/c1-16-7-6-10(8-16)9-17(2)21(18,19)12-5-3-4-11-13(12)15-20-14-11/h3-5,10H,6-9H2,1-2H3/t10-/m0/s1. The minimum Gasteiger partial charge on any atom is -0.306 e. The molecule has 0 unspecified atom stereocenters. The zero-order valence-electron chi connectivity index (χ0n) is 12.1. The van der Waals surface area contributed by atoms with E-state index in [4.69, 9.17) is 0 Å². The van der Waals surface area contributed by atoms with Gasteiger partial charge in [-0.1, -0.05) is 6.07 Å². The first-order valence-electron chi connectivity index (χ1n) is 6.84. The molecule has 2 aromatic rings. The average Bonchev–Trinajstić information content (AvgIpc) is 3.06. The number of sulfonamides is 1. The molecule has 114 valence electrons. The second kappa shape index (κ2) is 5.36. The molecule has 0 bridgehead atoms. The van der Waals surface area contributed by atoms with Crippen LogP contribution in [0.3, 0.4) is 0 Å². The summed E-state index contributed by atoms with van der Waals surface area (Å²) in [7, 11) is 0.0749. The summed E-state index contributed by atoms with van der Waals surface area (Å²) in [6, 6.07) is 4.87. The summed E-state index contributed by atoms with van der Waals surface area (Å²) in [6.45, 7) is 2.45. The molecule has 7 nitrogen and oxygen atoms in total. The SMILES string of the molecule is CN1CC[C@H](CN(C)S(=O)(=O)c2cccc3nonc23)C1. The zero-order chi connectivity index (χ0) is 15.0. The molecule has 0 spiro atoms. The van der Waals surface area contributed by atoms with Gasteiger partial charge in [0.1, 0.15) is 10.4 Å². The number of likely N-dealkylation sites (tertiary alicyclic amines) is 1. The van der Waals surface area contributed by atoms with Crippen LogP contribution >= 0.6 is 0 Å². The Bertz CT molecular complexity index is 743. The molecule has 21 heavy (non-hydrogen) atoms. The van der Waals surface area contributed by atoms with E-state index < -0.39 is 10.0 Å². The predicted octanol–water partition coefficient (Wildman–Crippen LogP) is 0.795. The third kappa shape index (κ3) is 2.66. The third-order valence-corrected chi connectivity index (χ3v) is 5.80. The maximum Gasteiger partial charge on any atom is 0.245 e. The molecule has 0 aliphatic carbocycles. The second-order valence-electron chi connectivity index (χ2n) is 5.59. The molecule has 0 N–H and O–H groups in total. The summed E-state index contributed by atoms with van der Waals surface area (Å²) >= 11 is 0. The Kier molecular flexibility index (Phi) is 3.68. The lowest BCUT2D eigenvalue weighted by atomic mass is 10.1. The van der Waals surface area contributed by atoms with Crippen LogP contribution in [-0.2, 0) is 10.0 Å². The summed E-state index contributed by atoms with van der Waals surface area (Å²) in [5, 5.41) is 7.40. The minimum absolute atomic E-state index is 0.148. The molecule has 2 heterocycles. The number of aromatic nitrogens is 2. The van der Waals surface area contributed by atoms with Crippen molar-refractivity contribution in [1.29, 1.82) is 0 Å².